The zero-order valence-electron chi connectivity index (χ0n) is 17.9. The van der Waals surface area contributed by atoms with Gasteiger partial charge in [0.05, 0.1) is 17.9 Å². The van der Waals surface area contributed by atoms with Crippen molar-refractivity contribution in [2.75, 3.05) is 24.5 Å². The average molecular weight is 427 g/mol. The molecular formula is C20H26FN9O. The summed E-state index contributed by atoms with van der Waals surface area (Å²) in [5.74, 6) is 2.01. The number of nitrogens with one attached hydrogen (secondary N) is 1. The van der Waals surface area contributed by atoms with Crippen molar-refractivity contribution in [3.05, 3.63) is 29.2 Å². The molecule has 0 aliphatic carbocycles. The number of aromatic nitrogens is 7. The standard InChI is InChI=1S/C16H19FN8.C4H7NO/c1-10-8-18-11(2)15-19-13(21-25(10)15)4-5-14-20-16(22-23(14)3)24-7-6-12(17)9-24;6-4-2-1-3-5-4/h4-5,8,12H,6-7,9H2,1-3H3;1-3H2,(H,5,6)/b5-4+;/t12-;/m1./s1. The normalized spacial score (nSPS) is 18.6. The SMILES string of the molecule is Cc1ncc(C)n2nc(/C=C/c3nc(N4CC[C@@H](F)C4)nn3C)nc12.O=C1CCCN1. The Morgan fingerprint density at radius 2 is 2.06 bits per heavy atom. The number of anilines is 1. The van der Waals surface area contributed by atoms with Gasteiger partial charge in [0.2, 0.25) is 11.9 Å². The number of carbonyl (C=O) groups excluding carboxylic acids is 1. The molecule has 0 saturated carbocycles. The van der Waals surface area contributed by atoms with E-state index in [4.69, 9.17) is 0 Å². The Morgan fingerprint density at radius 3 is 2.68 bits per heavy atom. The number of fused-ring (bicyclic) bond motifs is 1. The predicted octanol–water partition coefficient (Wildman–Crippen LogP) is 1.48. The summed E-state index contributed by atoms with van der Waals surface area (Å²) in [6, 6.07) is 0. The van der Waals surface area contributed by atoms with Crippen molar-refractivity contribution in [1.82, 2.24) is 39.7 Å². The molecule has 1 N–H and O–H groups in total. The molecule has 0 bridgehead atoms. The van der Waals surface area contributed by atoms with E-state index in [1.54, 1.807) is 21.5 Å². The van der Waals surface area contributed by atoms with E-state index in [-0.39, 0.29) is 5.91 Å². The maximum absolute atomic E-state index is 13.4. The van der Waals surface area contributed by atoms with Gasteiger partial charge in [-0.25, -0.2) is 18.6 Å². The lowest BCUT2D eigenvalue weighted by Crippen LogP contribution is -2.21. The number of amides is 1. The molecule has 5 heterocycles. The van der Waals surface area contributed by atoms with Crippen molar-refractivity contribution in [2.45, 2.75) is 39.3 Å². The van der Waals surface area contributed by atoms with Gasteiger partial charge in [0.15, 0.2) is 17.3 Å². The van der Waals surface area contributed by atoms with Gasteiger partial charge in [0.1, 0.15) is 6.17 Å². The third kappa shape index (κ3) is 4.70. The summed E-state index contributed by atoms with van der Waals surface area (Å²) in [5, 5.41) is 11.5. The van der Waals surface area contributed by atoms with Crippen LogP contribution in [-0.4, -0.2) is 66.1 Å². The van der Waals surface area contributed by atoms with E-state index in [0.717, 1.165) is 36.4 Å². The van der Waals surface area contributed by atoms with Gasteiger partial charge in [0.25, 0.3) is 0 Å². The minimum Gasteiger partial charge on any atom is -0.356 e. The molecule has 0 aromatic carbocycles. The maximum atomic E-state index is 13.4. The molecule has 1 atom stereocenters. The summed E-state index contributed by atoms with van der Waals surface area (Å²) in [4.78, 5) is 25.3. The number of hydrogen-bond acceptors (Lipinski definition) is 7. The molecule has 0 radical (unpaired) electrons. The topological polar surface area (TPSA) is 106 Å². The van der Waals surface area contributed by atoms with Crippen molar-refractivity contribution < 1.29 is 9.18 Å². The molecule has 2 aliphatic rings. The Bertz CT molecular complexity index is 1070. The van der Waals surface area contributed by atoms with E-state index in [2.05, 4.69) is 30.5 Å². The van der Waals surface area contributed by atoms with Crippen LogP contribution in [-0.2, 0) is 11.8 Å². The Labute approximate surface area is 179 Å². The fourth-order valence-corrected chi connectivity index (χ4v) is 3.46. The number of alkyl halides is 1. The lowest BCUT2D eigenvalue weighted by Gasteiger charge is -2.10. The highest BCUT2D eigenvalue weighted by Gasteiger charge is 2.25. The second kappa shape index (κ2) is 8.78. The Hall–Kier alpha value is -3.37. The van der Waals surface area contributed by atoms with Crippen LogP contribution in [0.1, 0.15) is 42.3 Å². The Morgan fingerprint density at radius 1 is 1.23 bits per heavy atom. The van der Waals surface area contributed by atoms with Crippen molar-refractivity contribution in [3.63, 3.8) is 0 Å². The molecule has 0 spiro atoms. The van der Waals surface area contributed by atoms with Gasteiger partial charge in [-0.3, -0.25) is 9.78 Å². The smallest absolute Gasteiger partial charge is 0.245 e. The van der Waals surface area contributed by atoms with E-state index in [1.165, 1.54) is 0 Å². The summed E-state index contributed by atoms with van der Waals surface area (Å²) in [7, 11) is 1.81. The molecule has 2 fully saturated rings. The van der Waals surface area contributed by atoms with Crippen molar-refractivity contribution >= 4 is 29.7 Å². The first-order valence-electron chi connectivity index (χ1n) is 10.3. The summed E-state index contributed by atoms with van der Waals surface area (Å²) in [6.45, 7) is 5.73. The van der Waals surface area contributed by atoms with Crippen LogP contribution in [0.3, 0.4) is 0 Å². The van der Waals surface area contributed by atoms with Gasteiger partial charge < -0.3 is 10.2 Å². The van der Waals surface area contributed by atoms with E-state index >= 15 is 0 Å². The van der Waals surface area contributed by atoms with Gasteiger partial charge in [-0.15, -0.1) is 10.2 Å². The molecule has 31 heavy (non-hydrogen) atoms. The fourth-order valence-electron chi connectivity index (χ4n) is 3.46. The molecule has 1 amide bonds. The quantitative estimate of drug-likeness (QED) is 0.675. The van der Waals surface area contributed by atoms with Crippen LogP contribution in [0.2, 0.25) is 0 Å². The monoisotopic (exact) mass is 427 g/mol. The van der Waals surface area contributed by atoms with Crippen molar-refractivity contribution in [2.24, 2.45) is 7.05 Å². The number of carbonyl (C=O) groups is 1. The minimum atomic E-state index is -0.801. The molecule has 164 valence electrons. The van der Waals surface area contributed by atoms with Crippen LogP contribution in [0.25, 0.3) is 17.8 Å². The predicted molar refractivity (Wildman–Crippen MR) is 114 cm³/mol. The average Bonchev–Trinajstić information content (AvgIpc) is 3.52. The van der Waals surface area contributed by atoms with Crippen LogP contribution in [0.5, 0.6) is 0 Å². The molecule has 11 heteroatoms. The van der Waals surface area contributed by atoms with Crippen LogP contribution in [0.4, 0.5) is 10.3 Å². The number of nitrogens with zero attached hydrogens (tertiary/aromatic N) is 8. The van der Waals surface area contributed by atoms with Gasteiger partial charge in [0, 0.05) is 32.8 Å². The number of halogens is 1. The van der Waals surface area contributed by atoms with E-state index in [9.17, 15) is 9.18 Å². The molecule has 2 saturated heterocycles. The first kappa shape index (κ1) is 20.9. The Kier molecular flexibility index (Phi) is 5.92. The second-order valence-corrected chi connectivity index (χ2v) is 7.70. The van der Waals surface area contributed by atoms with E-state index in [1.807, 2.05) is 31.9 Å². The molecular weight excluding hydrogens is 401 g/mol. The van der Waals surface area contributed by atoms with Crippen molar-refractivity contribution in [3.8, 4) is 0 Å². The highest BCUT2D eigenvalue weighted by Crippen LogP contribution is 2.19. The highest BCUT2D eigenvalue weighted by molar-refractivity contribution is 5.77. The molecule has 3 aromatic heterocycles. The third-order valence-corrected chi connectivity index (χ3v) is 5.21. The molecule has 5 rings (SSSR count). The number of aryl methyl sites for hydroxylation is 3. The zero-order valence-corrected chi connectivity index (χ0v) is 17.9. The third-order valence-electron chi connectivity index (χ3n) is 5.21. The van der Waals surface area contributed by atoms with Gasteiger partial charge in [-0.05, 0) is 38.8 Å². The van der Waals surface area contributed by atoms with Crippen LogP contribution in [0.15, 0.2) is 6.20 Å². The van der Waals surface area contributed by atoms with E-state index in [0.29, 0.717) is 37.1 Å². The summed E-state index contributed by atoms with van der Waals surface area (Å²) in [5.41, 5.74) is 2.49. The first-order chi connectivity index (χ1) is 14.9. The molecule has 3 aromatic rings. The van der Waals surface area contributed by atoms with Gasteiger partial charge in [-0.1, -0.05) is 0 Å². The summed E-state index contributed by atoms with van der Waals surface area (Å²) in [6.07, 6.45) is 6.87. The van der Waals surface area contributed by atoms with Gasteiger partial charge in [-0.2, -0.15) is 4.98 Å². The zero-order chi connectivity index (χ0) is 22.0. The first-order valence-corrected chi connectivity index (χ1v) is 10.3. The fraction of sp³-hybridized carbons (Fsp3) is 0.500. The van der Waals surface area contributed by atoms with Crippen LogP contribution < -0.4 is 10.2 Å². The van der Waals surface area contributed by atoms with Crippen molar-refractivity contribution in [1.29, 1.82) is 0 Å². The number of rotatable bonds is 3. The minimum absolute atomic E-state index is 0.204. The van der Waals surface area contributed by atoms with Gasteiger partial charge >= 0.3 is 0 Å². The molecule has 10 nitrogen and oxygen atoms in total. The second-order valence-electron chi connectivity index (χ2n) is 7.70. The molecule has 0 unspecified atom stereocenters. The lowest BCUT2D eigenvalue weighted by molar-refractivity contribution is -0.119. The summed E-state index contributed by atoms with van der Waals surface area (Å²) >= 11 is 0. The largest absolute Gasteiger partial charge is 0.356 e. The maximum Gasteiger partial charge on any atom is 0.245 e. The van der Waals surface area contributed by atoms with Crippen LogP contribution in [0, 0.1) is 13.8 Å². The molecule has 2 aliphatic heterocycles. The summed E-state index contributed by atoms with van der Waals surface area (Å²) < 4.78 is 16.8. The van der Waals surface area contributed by atoms with Crippen LogP contribution >= 0.6 is 0 Å². The Balaban J connectivity index is 0.000000334. The number of hydrogen-bond donors (Lipinski definition) is 1. The highest BCUT2D eigenvalue weighted by atomic mass is 19.1. The van der Waals surface area contributed by atoms with E-state index < -0.39 is 6.17 Å². The lowest BCUT2D eigenvalue weighted by atomic mass is 10.3.